The average Bonchev–Trinajstić information content (AvgIpc) is 3.02. The Morgan fingerprint density at radius 1 is 1.47 bits per heavy atom. The van der Waals surface area contributed by atoms with Crippen molar-refractivity contribution in [2.45, 2.75) is 63.8 Å². The first kappa shape index (κ1) is 25.8. The molecule has 1 aliphatic heterocycles. The molecule has 0 unspecified atom stereocenters. The number of hydrogen-bond donors (Lipinski definition) is 0. The standard InChI is InChI=1S/C19H33IN4O4SSi/c1-19(2,3)30(7,8)26-11-15-14(28-29-6)9-16(27-15)24-10-13(20)17(22-18(24)25)21-12-23(4)5/h10,12,14-16H,9,11H2,1-8H3/t14-,15-,16-/m1/s1. The summed E-state index contributed by atoms with van der Waals surface area (Å²) in [4.78, 5) is 22.8. The highest BCUT2D eigenvalue weighted by atomic mass is 127. The summed E-state index contributed by atoms with van der Waals surface area (Å²) in [5.74, 6) is 0.401. The summed E-state index contributed by atoms with van der Waals surface area (Å²) in [6.45, 7) is 11.5. The molecule has 0 aliphatic carbocycles. The summed E-state index contributed by atoms with van der Waals surface area (Å²) >= 11 is 3.44. The van der Waals surface area contributed by atoms with Crippen LogP contribution in [-0.4, -0.2) is 68.3 Å². The van der Waals surface area contributed by atoms with E-state index in [2.05, 4.69) is 66.4 Å². The molecule has 1 aliphatic rings. The number of hydrogen-bond acceptors (Lipinski definition) is 7. The fraction of sp³-hybridized carbons (Fsp3) is 0.737. The van der Waals surface area contributed by atoms with Gasteiger partial charge in [-0.05, 0) is 52.8 Å². The molecule has 0 bridgehead atoms. The normalized spacial score (nSPS) is 22.8. The van der Waals surface area contributed by atoms with Gasteiger partial charge in [0.05, 0.1) is 16.5 Å². The lowest BCUT2D eigenvalue weighted by atomic mass is 10.2. The molecule has 0 amide bonds. The van der Waals surface area contributed by atoms with Crippen LogP contribution in [0.5, 0.6) is 0 Å². The minimum absolute atomic E-state index is 0.112. The molecule has 8 nitrogen and oxygen atoms in total. The number of halogens is 1. The van der Waals surface area contributed by atoms with Gasteiger partial charge in [-0.2, -0.15) is 4.98 Å². The lowest BCUT2D eigenvalue weighted by Gasteiger charge is -2.37. The third-order valence-electron chi connectivity index (χ3n) is 5.42. The molecule has 1 aromatic heterocycles. The van der Waals surface area contributed by atoms with Gasteiger partial charge in [0, 0.05) is 33.0 Å². The van der Waals surface area contributed by atoms with Crippen molar-refractivity contribution in [2.24, 2.45) is 4.99 Å². The van der Waals surface area contributed by atoms with Crippen LogP contribution in [-0.2, 0) is 13.3 Å². The van der Waals surface area contributed by atoms with Crippen molar-refractivity contribution in [3.8, 4) is 0 Å². The van der Waals surface area contributed by atoms with Crippen LogP contribution in [0.25, 0.3) is 0 Å². The Morgan fingerprint density at radius 2 is 2.13 bits per heavy atom. The van der Waals surface area contributed by atoms with E-state index >= 15 is 0 Å². The molecule has 1 saturated heterocycles. The molecular weight excluding hydrogens is 535 g/mol. The second-order valence-electron chi connectivity index (χ2n) is 9.05. The molecule has 170 valence electrons. The zero-order valence-electron chi connectivity index (χ0n) is 19.0. The Morgan fingerprint density at radius 3 is 2.70 bits per heavy atom. The van der Waals surface area contributed by atoms with E-state index in [1.807, 2.05) is 20.4 Å². The fourth-order valence-corrected chi connectivity index (χ4v) is 4.68. The topological polar surface area (TPSA) is 78.2 Å². The molecule has 3 atom stereocenters. The molecule has 1 aromatic rings. The fourth-order valence-electron chi connectivity index (χ4n) is 2.66. The van der Waals surface area contributed by atoms with Gasteiger partial charge in [-0.1, -0.05) is 20.8 Å². The number of ether oxygens (including phenoxy) is 1. The van der Waals surface area contributed by atoms with Crippen LogP contribution in [0, 0.1) is 3.57 Å². The van der Waals surface area contributed by atoms with Crippen molar-refractivity contribution in [1.82, 2.24) is 14.5 Å². The molecule has 2 heterocycles. The van der Waals surface area contributed by atoms with E-state index in [-0.39, 0.29) is 22.9 Å². The third-order valence-corrected chi connectivity index (χ3v) is 11.1. The zero-order valence-corrected chi connectivity index (χ0v) is 23.0. The maximum absolute atomic E-state index is 12.7. The predicted octanol–water partition coefficient (Wildman–Crippen LogP) is 4.04. The van der Waals surface area contributed by atoms with Gasteiger partial charge < -0.3 is 18.2 Å². The van der Waals surface area contributed by atoms with Gasteiger partial charge in [0.15, 0.2) is 14.1 Å². The molecule has 0 N–H and O–H groups in total. The Bertz CT molecular complexity index is 813. The highest BCUT2D eigenvalue weighted by Crippen LogP contribution is 2.38. The first-order valence-electron chi connectivity index (χ1n) is 9.84. The van der Waals surface area contributed by atoms with Crippen molar-refractivity contribution >= 4 is 55.1 Å². The average molecular weight is 569 g/mol. The van der Waals surface area contributed by atoms with Crippen LogP contribution >= 0.6 is 34.6 Å². The number of aromatic nitrogens is 2. The number of aliphatic imine (C=N–C) groups is 1. The quantitative estimate of drug-likeness (QED) is 0.154. The Labute approximate surface area is 198 Å². The number of rotatable bonds is 8. The molecular formula is C19H33IN4O4SSi. The summed E-state index contributed by atoms with van der Waals surface area (Å²) < 4.78 is 20.7. The van der Waals surface area contributed by atoms with Crippen LogP contribution in [0.2, 0.25) is 18.1 Å². The SMILES string of the molecule is CSO[C@@H]1C[C@H](n2cc(I)c(N=CN(C)C)nc2=O)O[C@@H]1CO[Si](C)(C)C(C)(C)C. The first-order chi connectivity index (χ1) is 13.9. The van der Waals surface area contributed by atoms with Crippen molar-refractivity contribution in [3.63, 3.8) is 0 Å². The number of nitrogens with zero attached hydrogens (tertiary/aromatic N) is 4. The highest BCUT2D eigenvalue weighted by molar-refractivity contribution is 14.1. The lowest BCUT2D eigenvalue weighted by molar-refractivity contribution is -0.0373. The van der Waals surface area contributed by atoms with E-state index in [0.717, 1.165) is 3.57 Å². The van der Waals surface area contributed by atoms with E-state index in [4.69, 9.17) is 13.3 Å². The van der Waals surface area contributed by atoms with Crippen molar-refractivity contribution in [2.75, 3.05) is 27.0 Å². The predicted molar refractivity (Wildman–Crippen MR) is 133 cm³/mol. The van der Waals surface area contributed by atoms with E-state index in [1.54, 1.807) is 17.4 Å². The maximum atomic E-state index is 12.7. The van der Waals surface area contributed by atoms with Gasteiger partial charge >= 0.3 is 5.69 Å². The summed E-state index contributed by atoms with van der Waals surface area (Å²) in [5.41, 5.74) is -0.389. The van der Waals surface area contributed by atoms with Gasteiger partial charge in [-0.15, -0.1) is 0 Å². The maximum Gasteiger partial charge on any atom is 0.351 e. The molecule has 0 spiro atoms. The summed E-state index contributed by atoms with van der Waals surface area (Å²) in [7, 11) is 1.81. The lowest BCUT2D eigenvalue weighted by Crippen LogP contribution is -2.44. The van der Waals surface area contributed by atoms with Crippen molar-refractivity contribution < 1.29 is 13.3 Å². The third kappa shape index (κ3) is 6.51. The van der Waals surface area contributed by atoms with Gasteiger partial charge in [-0.3, -0.25) is 4.57 Å². The molecule has 2 rings (SSSR count). The van der Waals surface area contributed by atoms with E-state index < -0.39 is 14.5 Å². The molecule has 1 fully saturated rings. The van der Waals surface area contributed by atoms with E-state index in [0.29, 0.717) is 18.8 Å². The minimum atomic E-state index is -1.92. The second kappa shape index (κ2) is 10.4. The largest absolute Gasteiger partial charge is 0.414 e. The minimum Gasteiger partial charge on any atom is -0.414 e. The molecule has 30 heavy (non-hydrogen) atoms. The van der Waals surface area contributed by atoms with E-state index in [1.165, 1.54) is 16.6 Å². The van der Waals surface area contributed by atoms with Gasteiger partial charge in [0.25, 0.3) is 0 Å². The monoisotopic (exact) mass is 568 g/mol. The summed E-state index contributed by atoms with van der Waals surface area (Å²) in [6, 6.07) is 0. The molecule has 0 radical (unpaired) electrons. The summed E-state index contributed by atoms with van der Waals surface area (Å²) in [5, 5.41) is 0.112. The zero-order chi connectivity index (χ0) is 22.7. The molecule has 0 aromatic carbocycles. The molecule has 11 heteroatoms. The van der Waals surface area contributed by atoms with Crippen LogP contribution < -0.4 is 5.69 Å². The Hall–Kier alpha value is -0.473. The van der Waals surface area contributed by atoms with Crippen LogP contribution in [0.4, 0.5) is 5.82 Å². The Balaban J connectivity index is 2.19. The second-order valence-corrected chi connectivity index (χ2v) is 15.5. The van der Waals surface area contributed by atoms with Gasteiger partial charge in [0.2, 0.25) is 0 Å². The van der Waals surface area contributed by atoms with Crippen molar-refractivity contribution in [1.29, 1.82) is 0 Å². The van der Waals surface area contributed by atoms with Crippen LogP contribution in [0.1, 0.15) is 33.4 Å². The highest BCUT2D eigenvalue weighted by Gasteiger charge is 2.42. The smallest absolute Gasteiger partial charge is 0.351 e. The first-order valence-corrected chi connectivity index (χ1v) is 15.0. The van der Waals surface area contributed by atoms with Crippen LogP contribution in [0.15, 0.2) is 16.0 Å². The van der Waals surface area contributed by atoms with E-state index in [9.17, 15) is 4.79 Å². The van der Waals surface area contributed by atoms with Gasteiger partial charge in [-0.25, -0.2) is 9.79 Å². The van der Waals surface area contributed by atoms with Crippen LogP contribution in [0.3, 0.4) is 0 Å². The van der Waals surface area contributed by atoms with Crippen molar-refractivity contribution in [3.05, 3.63) is 20.3 Å². The molecule has 0 saturated carbocycles. The summed E-state index contributed by atoms with van der Waals surface area (Å²) in [6.07, 6.45) is 4.96. The Kier molecular flexibility index (Phi) is 8.96. The van der Waals surface area contributed by atoms with Gasteiger partial charge in [0.1, 0.15) is 18.4 Å².